The highest BCUT2D eigenvalue weighted by atomic mass is 16.5. The minimum Gasteiger partial charge on any atom is -0.467 e. The average Bonchev–Trinajstić information content (AvgIpc) is 3.43. The first-order valence-electron chi connectivity index (χ1n) is 8.54. The minimum atomic E-state index is -0.878. The molecule has 0 spiro atoms. The van der Waals surface area contributed by atoms with Gasteiger partial charge in [-0.2, -0.15) is 5.26 Å². The average molecular weight is 378 g/mol. The van der Waals surface area contributed by atoms with Gasteiger partial charge in [0.05, 0.1) is 19.1 Å². The quantitative estimate of drug-likeness (QED) is 0.269. The second-order valence-electron chi connectivity index (χ2n) is 6.13. The molecule has 0 aliphatic carbocycles. The zero-order valence-electron chi connectivity index (χ0n) is 15.5. The Hall–Kier alpha value is -3.79. The summed E-state index contributed by atoms with van der Waals surface area (Å²) in [6.45, 7) is 3.75. The Morgan fingerprint density at radius 2 is 1.96 bits per heavy atom. The van der Waals surface area contributed by atoms with Crippen molar-refractivity contribution in [2.24, 2.45) is 0 Å². The molecule has 3 aromatic heterocycles. The molecule has 0 bridgehead atoms. The van der Waals surface area contributed by atoms with Crippen LogP contribution in [0, 0.1) is 25.2 Å². The minimum absolute atomic E-state index is 0.244. The molecule has 0 saturated carbocycles. The summed E-state index contributed by atoms with van der Waals surface area (Å²) < 4.78 is 17.4. The fourth-order valence-electron chi connectivity index (χ4n) is 2.82. The number of hydrogen-bond donors (Lipinski definition) is 0. The van der Waals surface area contributed by atoms with Crippen molar-refractivity contribution in [2.75, 3.05) is 6.61 Å². The van der Waals surface area contributed by atoms with Crippen LogP contribution in [0.2, 0.25) is 0 Å². The van der Waals surface area contributed by atoms with Gasteiger partial charge in [-0.25, -0.2) is 4.79 Å². The Bertz CT molecular complexity index is 1050. The summed E-state index contributed by atoms with van der Waals surface area (Å²) >= 11 is 0. The third kappa shape index (κ3) is 4.13. The fraction of sp³-hybridized carbons (Fsp3) is 0.190. The van der Waals surface area contributed by atoms with Gasteiger partial charge in [-0.3, -0.25) is 4.79 Å². The summed E-state index contributed by atoms with van der Waals surface area (Å²) in [6, 6.07) is 10.4. The van der Waals surface area contributed by atoms with Crippen LogP contribution in [0.5, 0.6) is 0 Å². The molecule has 0 atom stereocenters. The molecule has 0 N–H and O–H groups in total. The second-order valence-corrected chi connectivity index (χ2v) is 6.13. The molecule has 7 heteroatoms. The van der Waals surface area contributed by atoms with E-state index in [1.807, 2.05) is 24.5 Å². The number of carbonyl (C=O) groups excluding carboxylic acids is 2. The van der Waals surface area contributed by atoms with Crippen LogP contribution in [0.25, 0.3) is 6.08 Å². The van der Waals surface area contributed by atoms with E-state index in [4.69, 9.17) is 18.8 Å². The van der Waals surface area contributed by atoms with Crippen LogP contribution < -0.4 is 0 Å². The second kappa shape index (κ2) is 8.27. The summed E-state index contributed by atoms with van der Waals surface area (Å²) in [4.78, 5) is 24.6. The van der Waals surface area contributed by atoms with Crippen molar-refractivity contribution < 1.29 is 23.2 Å². The highest BCUT2D eigenvalue weighted by Gasteiger charge is 2.19. The van der Waals surface area contributed by atoms with Crippen LogP contribution in [-0.2, 0) is 16.1 Å². The molecule has 0 saturated heterocycles. The first kappa shape index (κ1) is 19.0. The van der Waals surface area contributed by atoms with E-state index in [1.165, 1.54) is 12.3 Å². The zero-order chi connectivity index (χ0) is 20.1. The number of esters is 1. The maximum atomic E-state index is 12.5. The Balaban J connectivity index is 1.68. The van der Waals surface area contributed by atoms with Crippen LogP contribution in [0.3, 0.4) is 0 Å². The summed E-state index contributed by atoms with van der Waals surface area (Å²) in [6.07, 6.45) is 4.29. The lowest BCUT2D eigenvalue weighted by Gasteiger charge is -2.08. The lowest BCUT2D eigenvalue weighted by molar-refractivity contribution is -0.137. The van der Waals surface area contributed by atoms with Gasteiger partial charge >= 0.3 is 5.97 Å². The monoisotopic (exact) mass is 378 g/mol. The van der Waals surface area contributed by atoms with Crippen molar-refractivity contribution in [1.82, 2.24) is 4.57 Å². The number of Topliss-reactive ketones (excluding diaryl/α,β-unsaturated/α-hetero) is 1. The highest BCUT2D eigenvalue weighted by Crippen LogP contribution is 2.18. The molecular formula is C21H18N2O5. The van der Waals surface area contributed by atoms with Crippen LogP contribution in [-0.4, -0.2) is 22.9 Å². The molecule has 0 unspecified atom stereocenters. The van der Waals surface area contributed by atoms with Gasteiger partial charge in [-0.05, 0) is 44.2 Å². The van der Waals surface area contributed by atoms with Gasteiger partial charge in [-0.15, -0.1) is 0 Å². The van der Waals surface area contributed by atoms with Crippen molar-refractivity contribution in [2.45, 2.75) is 20.4 Å². The van der Waals surface area contributed by atoms with Gasteiger partial charge in [-0.1, -0.05) is 0 Å². The largest absolute Gasteiger partial charge is 0.467 e. The molecule has 142 valence electrons. The molecule has 0 radical (unpaired) electrons. The third-order valence-electron chi connectivity index (χ3n) is 4.27. The first-order valence-corrected chi connectivity index (χ1v) is 8.54. The lowest BCUT2D eigenvalue weighted by Crippen LogP contribution is -2.16. The van der Waals surface area contributed by atoms with Gasteiger partial charge < -0.3 is 18.1 Å². The first-order chi connectivity index (χ1) is 13.5. The number of aromatic nitrogens is 1. The standard InChI is InChI=1S/C21H18N2O5/c1-14-9-19(15(2)23(14)12-18-6-4-8-27-18)20(24)13-28-21(25)16(11-22)10-17-5-3-7-26-17/h3-10H,12-13H2,1-2H3/b16-10+. The van der Waals surface area contributed by atoms with E-state index in [2.05, 4.69) is 0 Å². The number of ether oxygens (including phenoxy) is 1. The predicted molar refractivity (Wildman–Crippen MR) is 99.3 cm³/mol. The van der Waals surface area contributed by atoms with Gasteiger partial charge in [0.1, 0.15) is 23.2 Å². The van der Waals surface area contributed by atoms with E-state index in [0.29, 0.717) is 17.9 Å². The van der Waals surface area contributed by atoms with E-state index in [9.17, 15) is 9.59 Å². The van der Waals surface area contributed by atoms with Crippen molar-refractivity contribution in [1.29, 1.82) is 5.26 Å². The number of furan rings is 2. The Morgan fingerprint density at radius 3 is 2.61 bits per heavy atom. The van der Waals surface area contributed by atoms with Gasteiger partial charge in [0.2, 0.25) is 5.78 Å². The van der Waals surface area contributed by atoms with Gasteiger partial charge in [0.15, 0.2) is 6.61 Å². The molecule has 0 amide bonds. The molecule has 0 fully saturated rings. The number of rotatable bonds is 7. The van der Waals surface area contributed by atoms with Crippen LogP contribution in [0.1, 0.15) is 33.3 Å². The van der Waals surface area contributed by atoms with E-state index in [-0.39, 0.29) is 11.4 Å². The Morgan fingerprint density at radius 1 is 1.21 bits per heavy atom. The summed E-state index contributed by atoms with van der Waals surface area (Å²) in [5.74, 6) is -0.102. The van der Waals surface area contributed by atoms with Gasteiger partial charge in [0, 0.05) is 23.0 Å². The Kier molecular flexibility index (Phi) is 5.61. The molecule has 28 heavy (non-hydrogen) atoms. The highest BCUT2D eigenvalue weighted by molar-refractivity contribution is 6.02. The molecular weight excluding hydrogens is 360 g/mol. The van der Waals surface area contributed by atoms with E-state index in [0.717, 1.165) is 17.1 Å². The number of nitrogens with zero attached hydrogens (tertiary/aromatic N) is 2. The van der Waals surface area contributed by atoms with Crippen LogP contribution >= 0.6 is 0 Å². The third-order valence-corrected chi connectivity index (χ3v) is 4.27. The SMILES string of the molecule is Cc1cc(C(=O)COC(=O)/C(C#N)=C/c2ccco2)c(C)n1Cc1ccco1. The number of carbonyl (C=O) groups is 2. The summed E-state index contributed by atoms with van der Waals surface area (Å²) in [5, 5.41) is 9.13. The molecule has 3 heterocycles. The van der Waals surface area contributed by atoms with Crippen molar-refractivity contribution >= 4 is 17.8 Å². The smallest absolute Gasteiger partial charge is 0.349 e. The maximum Gasteiger partial charge on any atom is 0.349 e. The number of nitriles is 1. The van der Waals surface area contributed by atoms with Gasteiger partial charge in [0.25, 0.3) is 0 Å². The van der Waals surface area contributed by atoms with Crippen LogP contribution in [0.15, 0.2) is 57.3 Å². The molecule has 7 nitrogen and oxygen atoms in total. The van der Waals surface area contributed by atoms with E-state index in [1.54, 1.807) is 36.6 Å². The van der Waals surface area contributed by atoms with Crippen molar-refractivity contribution in [3.63, 3.8) is 0 Å². The normalized spacial score (nSPS) is 11.2. The maximum absolute atomic E-state index is 12.5. The lowest BCUT2D eigenvalue weighted by atomic mass is 10.1. The summed E-state index contributed by atoms with van der Waals surface area (Å²) in [5.41, 5.74) is 1.86. The van der Waals surface area contributed by atoms with Crippen LogP contribution in [0.4, 0.5) is 0 Å². The van der Waals surface area contributed by atoms with Crippen molar-refractivity contribution in [3.05, 3.63) is 76.9 Å². The summed E-state index contributed by atoms with van der Waals surface area (Å²) in [7, 11) is 0. The fourth-order valence-corrected chi connectivity index (χ4v) is 2.82. The molecule has 0 aliphatic heterocycles. The van der Waals surface area contributed by atoms with Crippen molar-refractivity contribution in [3.8, 4) is 6.07 Å². The predicted octanol–water partition coefficient (Wildman–Crippen LogP) is 3.67. The van der Waals surface area contributed by atoms with E-state index < -0.39 is 12.6 Å². The number of hydrogen-bond acceptors (Lipinski definition) is 6. The molecule has 0 aliphatic rings. The number of aryl methyl sites for hydroxylation is 1. The number of ketones is 1. The topological polar surface area (TPSA) is 98.4 Å². The van der Waals surface area contributed by atoms with E-state index >= 15 is 0 Å². The Labute approximate surface area is 161 Å². The zero-order valence-corrected chi connectivity index (χ0v) is 15.5. The molecule has 3 aromatic rings. The molecule has 0 aromatic carbocycles. The molecule has 3 rings (SSSR count).